The van der Waals surface area contributed by atoms with Gasteiger partial charge in [-0.1, -0.05) is 6.07 Å². The molecule has 0 unspecified atom stereocenters. The zero-order valence-corrected chi connectivity index (χ0v) is 26.3. The van der Waals surface area contributed by atoms with E-state index in [4.69, 9.17) is 23.7 Å². The van der Waals surface area contributed by atoms with Crippen molar-refractivity contribution >= 4 is 39.4 Å². The summed E-state index contributed by atoms with van der Waals surface area (Å²) in [6.07, 6.45) is 1.46. The van der Waals surface area contributed by atoms with Gasteiger partial charge in [0, 0.05) is 17.3 Å². The van der Waals surface area contributed by atoms with Crippen LogP contribution in [0.25, 0.3) is 6.08 Å². The summed E-state index contributed by atoms with van der Waals surface area (Å²) in [6.45, 7) is 0. The molecule has 0 saturated heterocycles. The van der Waals surface area contributed by atoms with Crippen LogP contribution in [-0.4, -0.2) is 65.7 Å². The van der Waals surface area contributed by atoms with E-state index in [1.165, 1.54) is 72.0 Å². The van der Waals surface area contributed by atoms with Crippen molar-refractivity contribution in [2.75, 3.05) is 45.6 Å². The van der Waals surface area contributed by atoms with E-state index in [-0.39, 0.29) is 39.6 Å². The second-order valence-electron chi connectivity index (χ2n) is 9.22. The molecule has 46 heavy (non-hydrogen) atoms. The van der Waals surface area contributed by atoms with Gasteiger partial charge >= 0.3 is 6.01 Å². The van der Waals surface area contributed by atoms with E-state index >= 15 is 0 Å². The SMILES string of the molecule is COc1ccc(C(=O)N/C(=C\c2ccc(OC)c(OC)c2)C(=O)Nc2ccc(S(=O)(=O)Nc3cc(OC)nc(OC)n3)cc2)cc1. The highest BCUT2D eigenvalue weighted by Gasteiger charge is 2.19. The van der Waals surface area contributed by atoms with Gasteiger partial charge in [0.25, 0.3) is 21.8 Å². The normalized spacial score (nSPS) is 11.2. The average Bonchev–Trinajstić information content (AvgIpc) is 3.07. The van der Waals surface area contributed by atoms with E-state index in [1.807, 2.05) is 0 Å². The zero-order chi connectivity index (χ0) is 33.3. The first-order valence-electron chi connectivity index (χ1n) is 13.4. The number of carbonyl (C=O) groups excluding carboxylic acids is 2. The molecule has 0 saturated carbocycles. The highest BCUT2D eigenvalue weighted by molar-refractivity contribution is 7.92. The van der Waals surface area contributed by atoms with Crippen LogP contribution >= 0.6 is 0 Å². The molecule has 0 fully saturated rings. The van der Waals surface area contributed by atoms with E-state index in [0.29, 0.717) is 22.8 Å². The second-order valence-corrected chi connectivity index (χ2v) is 10.9. The molecule has 0 radical (unpaired) electrons. The number of amides is 2. The van der Waals surface area contributed by atoms with Crippen LogP contribution in [0.3, 0.4) is 0 Å². The zero-order valence-electron chi connectivity index (χ0n) is 25.5. The number of hydrogen-bond acceptors (Lipinski definition) is 11. The number of nitrogens with one attached hydrogen (secondary N) is 3. The van der Waals surface area contributed by atoms with E-state index in [2.05, 4.69) is 25.3 Å². The topological polar surface area (TPSA) is 176 Å². The van der Waals surface area contributed by atoms with Gasteiger partial charge in [-0.05, 0) is 72.3 Å². The smallest absolute Gasteiger partial charge is 0.321 e. The van der Waals surface area contributed by atoms with Gasteiger partial charge in [0.1, 0.15) is 11.4 Å². The lowest BCUT2D eigenvalue weighted by molar-refractivity contribution is -0.113. The van der Waals surface area contributed by atoms with Crippen LogP contribution in [0, 0.1) is 0 Å². The molecule has 0 bridgehead atoms. The quantitative estimate of drug-likeness (QED) is 0.180. The Morgan fingerprint density at radius 2 is 1.43 bits per heavy atom. The summed E-state index contributed by atoms with van der Waals surface area (Å²) < 4.78 is 54.2. The van der Waals surface area contributed by atoms with Crippen LogP contribution in [0.2, 0.25) is 0 Å². The fourth-order valence-corrected chi connectivity index (χ4v) is 4.96. The Morgan fingerprint density at radius 1 is 0.739 bits per heavy atom. The summed E-state index contributed by atoms with van der Waals surface area (Å²) in [4.78, 5) is 34.4. The first-order chi connectivity index (χ1) is 22.1. The summed E-state index contributed by atoms with van der Waals surface area (Å²) in [6, 6.07) is 17.9. The molecule has 4 rings (SSSR count). The van der Waals surface area contributed by atoms with Crippen molar-refractivity contribution in [3.8, 4) is 29.1 Å². The highest BCUT2D eigenvalue weighted by atomic mass is 32.2. The van der Waals surface area contributed by atoms with Crippen molar-refractivity contribution < 1.29 is 41.7 Å². The van der Waals surface area contributed by atoms with Gasteiger partial charge in [0.15, 0.2) is 17.3 Å². The number of ether oxygens (including phenoxy) is 5. The van der Waals surface area contributed by atoms with E-state index in [0.717, 1.165) is 0 Å². The van der Waals surface area contributed by atoms with Gasteiger partial charge in [0.2, 0.25) is 5.88 Å². The molecule has 3 aromatic carbocycles. The molecule has 0 spiro atoms. The van der Waals surface area contributed by atoms with Gasteiger partial charge in [-0.25, -0.2) is 8.42 Å². The molecule has 0 aliphatic heterocycles. The summed E-state index contributed by atoms with van der Waals surface area (Å²) in [7, 11) is 3.09. The lowest BCUT2D eigenvalue weighted by Gasteiger charge is -2.13. The summed E-state index contributed by atoms with van der Waals surface area (Å²) >= 11 is 0. The lowest BCUT2D eigenvalue weighted by atomic mass is 10.1. The Kier molecular flexibility index (Phi) is 10.6. The summed E-state index contributed by atoms with van der Waals surface area (Å²) in [5.41, 5.74) is 0.973. The van der Waals surface area contributed by atoms with Gasteiger partial charge in [-0.15, -0.1) is 0 Å². The Balaban J connectivity index is 1.58. The van der Waals surface area contributed by atoms with Crippen LogP contribution in [0.4, 0.5) is 11.5 Å². The molecule has 14 nitrogen and oxygen atoms in total. The maximum Gasteiger partial charge on any atom is 0.321 e. The van der Waals surface area contributed by atoms with Crippen LogP contribution in [0.5, 0.6) is 29.1 Å². The predicted molar refractivity (Wildman–Crippen MR) is 169 cm³/mol. The maximum atomic E-state index is 13.5. The number of benzene rings is 3. The third-order valence-electron chi connectivity index (χ3n) is 6.30. The number of aromatic nitrogens is 2. The summed E-state index contributed by atoms with van der Waals surface area (Å²) in [5.74, 6) is 0.266. The first kappa shape index (κ1) is 33.1. The molecule has 240 valence electrons. The minimum absolute atomic E-state index is 0.0707. The van der Waals surface area contributed by atoms with Crippen molar-refractivity contribution in [1.29, 1.82) is 0 Å². The molecule has 1 heterocycles. The number of nitrogens with zero attached hydrogens (tertiary/aromatic N) is 2. The summed E-state index contributed by atoms with van der Waals surface area (Å²) in [5, 5.41) is 5.33. The molecule has 1 aromatic heterocycles. The third-order valence-corrected chi connectivity index (χ3v) is 7.67. The lowest BCUT2D eigenvalue weighted by Crippen LogP contribution is -2.30. The van der Waals surface area contributed by atoms with Crippen LogP contribution in [-0.2, 0) is 14.8 Å². The predicted octanol–water partition coefficient (Wildman–Crippen LogP) is 3.73. The fourth-order valence-electron chi connectivity index (χ4n) is 3.97. The van der Waals surface area contributed by atoms with Crippen LogP contribution in [0.1, 0.15) is 15.9 Å². The van der Waals surface area contributed by atoms with Crippen molar-refractivity contribution in [1.82, 2.24) is 15.3 Å². The van der Waals surface area contributed by atoms with Crippen LogP contribution in [0.15, 0.2) is 83.4 Å². The largest absolute Gasteiger partial charge is 0.497 e. The molecule has 4 aromatic rings. The van der Waals surface area contributed by atoms with E-state index in [1.54, 1.807) is 42.5 Å². The Labute approximate surface area is 265 Å². The molecule has 3 N–H and O–H groups in total. The van der Waals surface area contributed by atoms with Gasteiger partial charge in [0.05, 0.1) is 40.4 Å². The van der Waals surface area contributed by atoms with Crippen molar-refractivity contribution in [2.24, 2.45) is 0 Å². The molecule has 0 atom stereocenters. The molecule has 0 aliphatic carbocycles. The Hall–Kier alpha value is -5.83. The molecular formula is C31H31N5O9S. The highest BCUT2D eigenvalue weighted by Crippen LogP contribution is 2.28. The van der Waals surface area contributed by atoms with Crippen molar-refractivity contribution in [2.45, 2.75) is 4.90 Å². The third kappa shape index (κ3) is 8.21. The minimum atomic E-state index is -4.09. The van der Waals surface area contributed by atoms with E-state index in [9.17, 15) is 18.0 Å². The number of anilines is 2. The second kappa shape index (κ2) is 14.8. The minimum Gasteiger partial charge on any atom is -0.497 e. The number of methoxy groups -OCH3 is 5. The number of hydrogen-bond donors (Lipinski definition) is 3. The van der Waals surface area contributed by atoms with Gasteiger partial charge in [-0.3, -0.25) is 14.3 Å². The van der Waals surface area contributed by atoms with Gasteiger partial charge < -0.3 is 34.3 Å². The standard InChI is InChI=1S/C31H31N5O9S/c1-41-22-11-7-20(8-12-22)29(37)33-24(16-19-6-15-25(42-2)26(17-19)43-3)30(38)32-21-9-13-23(14-10-21)46(39,40)36-27-18-28(44-4)35-31(34-27)45-5/h6-18H,1-5H3,(H,32,38)(H,33,37)(H,34,35,36)/b24-16-. The number of sulfonamides is 1. The fraction of sp³-hybridized carbons (Fsp3) is 0.161. The van der Waals surface area contributed by atoms with E-state index < -0.39 is 21.8 Å². The van der Waals surface area contributed by atoms with Crippen LogP contribution < -0.4 is 39.0 Å². The van der Waals surface area contributed by atoms with Crippen molar-refractivity contribution in [3.05, 3.63) is 89.6 Å². The molecule has 2 amide bonds. The average molecular weight is 650 g/mol. The monoisotopic (exact) mass is 649 g/mol. The maximum absolute atomic E-state index is 13.5. The Morgan fingerprint density at radius 3 is 2.04 bits per heavy atom. The first-order valence-corrected chi connectivity index (χ1v) is 14.9. The molecular weight excluding hydrogens is 618 g/mol. The number of carbonyl (C=O) groups is 2. The Bertz CT molecular complexity index is 1820. The molecule has 15 heteroatoms. The number of rotatable bonds is 13. The van der Waals surface area contributed by atoms with Crippen molar-refractivity contribution in [3.63, 3.8) is 0 Å². The van der Waals surface area contributed by atoms with Gasteiger partial charge in [-0.2, -0.15) is 9.97 Å². The molecule has 0 aliphatic rings.